The molecule has 3 aromatic rings. The lowest BCUT2D eigenvalue weighted by Crippen LogP contribution is -2.48. The van der Waals surface area contributed by atoms with Crippen molar-refractivity contribution in [2.24, 2.45) is 0 Å². The van der Waals surface area contributed by atoms with Gasteiger partial charge < -0.3 is 24.6 Å². The molecular weight excluding hydrogens is 414 g/mol. The Morgan fingerprint density at radius 2 is 1.97 bits per heavy atom. The summed E-state index contributed by atoms with van der Waals surface area (Å²) >= 11 is 0. The minimum Gasteiger partial charge on any atom is -0.454 e. The molecule has 3 heterocycles. The molecule has 0 bridgehead atoms. The average molecular weight is 435 g/mol. The summed E-state index contributed by atoms with van der Waals surface area (Å²) in [6.07, 6.45) is 0. The molecule has 2 aromatic carbocycles. The lowest BCUT2D eigenvalue weighted by Gasteiger charge is -2.36. The van der Waals surface area contributed by atoms with Gasteiger partial charge in [-0.15, -0.1) is 0 Å². The maximum atomic E-state index is 12.4. The summed E-state index contributed by atoms with van der Waals surface area (Å²) in [5, 5.41) is 9.51. The van der Waals surface area contributed by atoms with Crippen molar-refractivity contribution in [3.05, 3.63) is 53.9 Å². The molecule has 5 rings (SSSR count). The maximum Gasteiger partial charge on any atom is 0.251 e. The van der Waals surface area contributed by atoms with E-state index in [9.17, 15) is 9.59 Å². The number of benzene rings is 2. The second kappa shape index (κ2) is 8.31. The minimum absolute atomic E-state index is 0.0664. The maximum absolute atomic E-state index is 12.4. The zero-order chi connectivity index (χ0) is 22.1. The number of amides is 2. The first kappa shape index (κ1) is 20.0. The fourth-order valence-corrected chi connectivity index (χ4v) is 3.70. The summed E-state index contributed by atoms with van der Waals surface area (Å²) in [6, 6.07) is 12.4. The van der Waals surface area contributed by atoms with Gasteiger partial charge in [-0.3, -0.25) is 14.5 Å². The van der Waals surface area contributed by atoms with E-state index in [1.54, 1.807) is 43.4 Å². The van der Waals surface area contributed by atoms with Crippen LogP contribution < -0.4 is 20.1 Å². The van der Waals surface area contributed by atoms with Crippen LogP contribution in [-0.2, 0) is 4.79 Å². The molecular formula is C22H21N5O5. The number of likely N-dealkylation sites (tertiary alicyclic amines) is 1. The molecule has 0 saturated carbocycles. The summed E-state index contributed by atoms with van der Waals surface area (Å²) in [4.78, 5) is 30.7. The standard InChI is InChI=1S/C22H21N5O5/c1-23-21(29)14-4-2-3-13(7-14)20-25-22(32-26-20)15-9-27(10-15)11-19(28)24-16-5-6-17-18(8-16)31-12-30-17/h2-8,15H,9-12H2,1H3,(H,23,29)(H,24,28). The lowest BCUT2D eigenvalue weighted by atomic mass is 10.0. The van der Waals surface area contributed by atoms with E-state index in [1.165, 1.54) is 0 Å². The molecule has 32 heavy (non-hydrogen) atoms. The number of anilines is 1. The highest BCUT2D eigenvalue weighted by Gasteiger charge is 2.33. The van der Waals surface area contributed by atoms with Gasteiger partial charge in [0, 0.05) is 43.0 Å². The highest BCUT2D eigenvalue weighted by Crippen LogP contribution is 2.34. The number of rotatable bonds is 6. The van der Waals surface area contributed by atoms with Crippen LogP contribution in [0.25, 0.3) is 11.4 Å². The molecule has 164 valence electrons. The number of nitrogens with one attached hydrogen (secondary N) is 2. The van der Waals surface area contributed by atoms with Gasteiger partial charge in [-0.1, -0.05) is 17.3 Å². The van der Waals surface area contributed by atoms with Crippen molar-refractivity contribution in [2.45, 2.75) is 5.92 Å². The number of fused-ring (bicyclic) bond motifs is 1. The molecule has 2 N–H and O–H groups in total. The van der Waals surface area contributed by atoms with Crippen LogP contribution in [0.5, 0.6) is 11.5 Å². The summed E-state index contributed by atoms with van der Waals surface area (Å²) in [5.74, 6) is 2.04. The molecule has 0 unspecified atom stereocenters. The largest absolute Gasteiger partial charge is 0.454 e. The SMILES string of the molecule is CNC(=O)c1cccc(-c2noc(C3CN(CC(=O)Nc4ccc5c(c4)OCO5)C3)n2)c1. The van der Waals surface area contributed by atoms with E-state index in [4.69, 9.17) is 14.0 Å². The second-order valence-electron chi connectivity index (χ2n) is 7.62. The van der Waals surface area contributed by atoms with Gasteiger partial charge in [0.25, 0.3) is 5.91 Å². The number of nitrogens with zero attached hydrogens (tertiary/aromatic N) is 3. The zero-order valence-corrected chi connectivity index (χ0v) is 17.3. The monoisotopic (exact) mass is 435 g/mol. The Kier molecular flexibility index (Phi) is 5.20. The number of ether oxygens (including phenoxy) is 2. The predicted molar refractivity (Wildman–Crippen MR) is 113 cm³/mol. The Morgan fingerprint density at radius 3 is 2.81 bits per heavy atom. The summed E-state index contributed by atoms with van der Waals surface area (Å²) in [7, 11) is 1.58. The first-order valence-electron chi connectivity index (χ1n) is 10.2. The second-order valence-corrected chi connectivity index (χ2v) is 7.62. The number of carbonyl (C=O) groups excluding carboxylic acids is 2. The van der Waals surface area contributed by atoms with Gasteiger partial charge >= 0.3 is 0 Å². The van der Waals surface area contributed by atoms with Crippen LogP contribution in [-0.4, -0.2) is 60.3 Å². The predicted octanol–water partition coefficient (Wildman–Crippen LogP) is 1.86. The van der Waals surface area contributed by atoms with Crippen LogP contribution in [0.15, 0.2) is 47.0 Å². The van der Waals surface area contributed by atoms with Gasteiger partial charge in [-0.25, -0.2) is 0 Å². The van der Waals surface area contributed by atoms with Crippen molar-refractivity contribution >= 4 is 17.5 Å². The lowest BCUT2D eigenvalue weighted by molar-refractivity contribution is -0.118. The van der Waals surface area contributed by atoms with E-state index in [2.05, 4.69) is 20.8 Å². The van der Waals surface area contributed by atoms with E-state index in [0.29, 0.717) is 53.1 Å². The van der Waals surface area contributed by atoms with Crippen LogP contribution in [0.2, 0.25) is 0 Å². The van der Waals surface area contributed by atoms with Crippen LogP contribution in [0.1, 0.15) is 22.2 Å². The Labute approximate surface area is 183 Å². The van der Waals surface area contributed by atoms with Crippen LogP contribution >= 0.6 is 0 Å². The minimum atomic E-state index is -0.177. The highest BCUT2D eigenvalue weighted by molar-refractivity contribution is 5.95. The first-order valence-corrected chi connectivity index (χ1v) is 10.2. The van der Waals surface area contributed by atoms with E-state index < -0.39 is 0 Å². The van der Waals surface area contributed by atoms with Gasteiger partial charge in [0.05, 0.1) is 12.5 Å². The molecule has 1 saturated heterocycles. The van der Waals surface area contributed by atoms with E-state index >= 15 is 0 Å². The van der Waals surface area contributed by atoms with Gasteiger partial charge in [0.1, 0.15) is 0 Å². The molecule has 0 spiro atoms. The number of hydrogen-bond acceptors (Lipinski definition) is 8. The molecule has 1 aromatic heterocycles. The normalized spacial score (nSPS) is 15.3. The Balaban J connectivity index is 1.15. The molecule has 2 aliphatic rings. The summed E-state index contributed by atoms with van der Waals surface area (Å²) in [5.41, 5.74) is 1.90. The number of aromatic nitrogens is 2. The van der Waals surface area contributed by atoms with Crippen molar-refractivity contribution < 1.29 is 23.6 Å². The summed E-state index contributed by atoms with van der Waals surface area (Å²) in [6.45, 7) is 1.75. The topological polar surface area (TPSA) is 119 Å². The molecule has 0 radical (unpaired) electrons. The average Bonchev–Trinajstić information content (AvgIpc) is 3.45. The Hall–Kier alpha value is -3.92. The van der Waals surface area contributed by atoms with Crippen molar-refractivity contribution in [3.63, 3.8) is 0 Å². The Bertz CT molecular complexity index is 1170. The number of hydrogen-bond donors (Lipinski definition) is 2. The van der Waals surface area contributed by atoms with Gasteiger partial charge in [0.2, 0.25) is 24.4 Å². The molecule has 10 nitrogen and oxygen atoms in total. The van der Waals surface area contributed by atoms with E-state index in [-0.39, 0.29) is 31.1 Å². The third-order valence-corrected chi connectivity index (χ3v) is 5.38. The number of carbonyl (C=O) groups is 2. The summed E-state index contributed by atoms with van der Waals surface area (Å²) < 4.78 is 16.0. The highest BCUT2D eigenvalue weighted by atomic mass is 16.7. The van der Waals surface area contributed by atoms with Crippen molar-refractivity contribution in [2.75, 3.05) is 38.8 Å². The third kappa shape index (κ3) is 4.00. The zero-order valence-electron chi connectivity index (χ0n) is 17.3. The smallest absolute Gasteiger partial charge is 0.251 e. The molecule has 10 heteroatoms. The van der Waals surface area contributed by atoms with Crippen molar-refractivity contribution in [1.82, 2.24) is 20.4 Å². The van der Waals surface area contributed by atoms with Gasteiger partial charge in [-0.2, -0.15) is 4.98 Å². The van der Waals surface area contributed by atoms with Gasteiger partial charge in [0.15, 0.2) is 11.5 Å². The molecule has 2 aliphatic heterocycles. The fraction of sp³-hybridized carbons (Fsp3) is 0.273. The van der Waals surface area contributed by atoms with Crippen molar-refractivity contribution in [3.8, 4) is 22.9 Å². The molecule has 0 atom stereocenters. The van der Waals surface area contributed by atoms with Crippen molar-refractivity contribution in [1.29, 1.82) is 0 Å². The third-order valence-electron chi connectivity index (χ3n) is 5.38. The van der Waals surface area contributed by atoms with Crippen LogP contribution in [0, 0.1) is 0 Å². The molecule has 0 aliphatic carbocycles. The fourth-order valence-electron chi connectivity index (χ4n) is 3.70. The van der Waals surface area contributed by atoms with Crippen LogP contribution in [0.4, 0.5) is 5.69 Å². The quantitative estimate of drug-likeness (QED) is 0.602. The Morgan fingerprint density at radius 1 is 1.12 bits per heavy atom. The van der Waals surface area contributed by atoms with Crippen LogP contribution in [0.3, 0.4) is 0 Å². The molecule has 1 fully saturated rings. The van der Waals surface area contributed by atoms with E-state index in [1.807, 2.05) is 11.0 Å². The molecule has 2 amide bonds. The van der Waals surface area contributed by atoms with E-state index in [0.717, 1.165) is 0 Å². The van der Waals surface area contributed by atoms with Gasteiger partial charge in [-0.05, 0) is 24.3 Å². The first-order chi connectivity index (χ1) is 15.6.